The van der Waals surface area contributed by atoms with E-state index >= 15 is 0 Å². The molecule has 0 saturated carbocycles. The summed E-state index contributed by atoms with van der Waals surface area (Å²) in [6.45, 7) is 7.79. The molecule has 19 heavy (non-hydrogen) atoms. The van der Waals surface area contributed by atoms with Crippen LogP contribution in [0.3, 0.4) is 0 Å². The Kier molecular flexibility index (Phi) is 6.53. The lowest BCUT2D eigenvalue weighted by Crippen LogP contribution is -2.30. The highest BCUT2D eigenvalue weighted by molar-refractivity contribution is 5.87. The zero-order chi connectivity index (χ0) is 14.3. The molecule has 4 heteroatoms. The Balaban J connectivity index is 2.63. The fraction of sp³-hybridized carbons (Fsp3) is 0.533. The first-order valence-corrected chi connectivity index (χ1v) is 6.56. The number of ether oxygens (including phenoxy) is 1. The van der Waals surface area contributed by atoms with Crippen LogP contribution in [0.15, 0.2) is 24.3 Å². The lowest BCUT2D eigenvalue weighted by atomic mass is 10.1. The highest BCUT2D eigenvalue weighted by Gasteiger charge is 2.09. The third kappa shape index (κ3) is 5.85. The number of methoxy groups -OCH3 is 1. The summed E-state index contributed by atoms with van der Waals surface area (Å²) in [6.07, 6.45) is 0. The smallest absolute Gasteiger partial charge is 0.335 e. The van der Waals surface area contributed by atoms with Crippen molar-refractivity contribution in [3.8, 4) is 0 Å². The van der Waals surface area contributed by atoms with Crippen LogP contribution in [-0.4, -0.2) is 42.8 Å². The van der Waals surface area contributed by atoms with Gasteiger partial charge in [0.25, 0.3) is 0 Å². The van der Waals surface area contributed by atoms with E-state index in [1.54, 1.807) is 19.2 Å². The standard InChI is InChI=1S/C15H23NO3/c1-12(2)10-16(8-9-19-3)11-13-4-6-14(7-5-13)15(17)18/h4-7,12H,8-11H2,1-3H3,(H,17,18). The molecule has 1 N–H and O–H groups in total. The van der Waals surface area contributed by atoms with Crippen molar-refractivity contribution in [2.24, 2.45) is 5.92 Å². The summed E-state index contributed by atoms with van der Waals surface area (Å²) >= 11 is 0. The fourth-order valence-electron chi connectivity index (χ4n) is 1.98. The molecule has 0 fully saturated rings. The second-order valence-corrected chi connectivity index (χ2v) is 5.12. The number of hydrogen-bond acceptors (Lipinski definition) is 3. The van der Waals surface area contributed by atoms with E-state index in [1.807, 2.05) is 12.1 Å². The predicted molar refractivity (Wildman–Crippen MR) is 75.4 cm³/mol. The van der Waals surface area contributed by atoms with Gasteiger partial charge in [-0.2, -0.15) is 0 Å². The summed E-state index contributed by atoms with van der Waals surface area (Å²) in [7, 11) is 1.70. The van der Waals surface area contributed by atoms with Gasteiger partial charge in [0.15, 0.2) is 0 Å². The Hall–Kier alpha value is -1.39. The molecule has 4 nitrogen and oxygen atoms in total. The van der Waals surface area contributed by atoms with Crippen LogP contribution in [0.25, 0.3) is 0 Å². The molecule has 1 aromatic rings. The van der Waals surface area contributed by atoms with E-state index in [1.165, 1.54) is 0 Å². The summed E-state index contributed by atoms with van der Waals surface area (Å²) in [4.78, 5) is 13.1. The Morgan fingerprint density at radius 1 is 1.32 bits per heavy atom. The largest absolute Gasteiger partial charge is 0.478 e. The highest BCUT2D eigenvalue weighted by Crippen LogP contribution is 2.09. The van der Waals surface area contributed by atoms with Crippen LogP contribution in [0, 0.1) is 5.92 Å². The zero-order valence-corrected chi connectivity index (χ0v) is 11.9. The van der Waals surface area contributed by atoms with Crippen molar-refractivity contribution in [3.05, 3.63) is 35.4 Å². The fourth-order valence-corrected chi connectivity index (χ4v) is 1.98. The minimum atomic E-state index is -0.884. The number of carbonyl (C=O) groups is 1. The maximum atomic E-state index is 10.8. The highest BCUT2D eigenvalue weighted by atomic mass is 16.5. The predicted octanol–water partition coefficient (Wildman–Crippen LogP) is 2.49. The van der Waals surface area contributed by atoms with Crippen LogP contribution >= 0.6 is 0 Å². The van der Waals surface area contributed by atoms with E-state index in [0.717, 1.165) is 25.2 Å². The summed E-state index contributed by atoms with van der Waals surface area (Å²) in [5.74, 6) is -0.292. The Morgan fingerprint density at radius 3 is 2.42 bits per heavy atom. The number of hydrogen-bond donors (Lipinski definition) is 1. The first-order chi connectivity index (χ1) is 9.02. The van der Waals surface area contributed by atoms with Gasteiger partial charge in [0.1, 0.15) is 0 Å². The molecule has 0 spiro atoms. The van der Waals surface area contributed by atoms with E-state index in [2.05, 4.69) is 18.7 Å². The topological polar surface area (TPSA) is 49.8 Å². The molecule has 0 aliphatic carbocycles. The molecule has 0 bridgehead atoms. The van der Waals surface area contributed by atoms with Gasteiger partial charge in [-0.15, -0.1) is 0 Å². The van der Waals surface area contributed by atoms with E-state index in [4.69, 9.17) is 9.84 Å². The molecule has 0 aromatic heterocycles. The number of aromatic carboxylic acids is 1. The number of benzene rings is 1. The molecular formula is C15H23NO3. The van der Waals surface area contributed by atoms with Crippen molar-refractivity contribution in [1.82, 2.24) is 4.90 Å². The van der Waals surface area contributed by atoms with Crippen LogP contribution in [0.4, 0.5) is 0 Å². The Bertz CT molecular complexity index is 387. The monoisotopic (exact) mass is 265 g/mol. The van der Waals surface area contributed by atoms with Crippen LogP contribution in [0.5, 0.6) is 0 Å². The van der Waals surface area contributed by atoms with E-state index in [0.29, 0.717) is 18.1 Å². The maximum Gasteiger partial charge on any atom is 0.335 e. The molecule has 106 valence electrons. The normalized spacial score (nSPS) is 11.2. The van der Waals surface area contributed by atoms with E-state index in [9.17, 15) is 4.79 Å². The molecule has 0 radical (unpaired) electrons. The van der Waals surface area contributed by atoms with Gasteiger partial charge in [-0.3, -0.25) is 4.90 Å². The van der Waals surface area contributed by atoms with E-state index < -0.39 is 5.97 Å². The summed E-state index contributed by atoms with van der Waals surface area (Å²) in [6, 6.07) is 7.07. The third-order valence-corrected chi connectivity index (χ3v) is 2.84. The van der Waals surface area contributed by atoms with Crippen molar-refractivity contribution < 1.29 is 14.6 Å². The van der Waals surface area contributed by atoms with E-state index in [-0.39, 0.29) is 0 Å². The second-order valence-electron chi connectivity index (χ2n) is 5.12. The van der Waals surface area contributed by atoms with Crippen molar-refractivity contribution >= 4 is 5.97 Å². The molecule has 0 heterocycles. The van der Waals surface area contributed by atoms with Gasteiger partial charge in [-0.1, -0.05) is 26.0 Å². The zero-order valence-electron chi connectivity index (χ0n) is 11.9. The first kappa shape index (κ1) is 15.7. The van der Waals surface area contributed by atoms with Crippen molar-refractivity contribution in [2.75, 3.05) is 26.8 Å². The van der Waals surface area contributed by atoms with Crippen LogP contribution in [0.2, 0.25) is 0 Å². The molecule has 0 saturated heterocycles. The lowest BCUT2D eigenvalue weighted by Gasteiger charge is -2.24. The molecule has 0 unspecified atom stereocenters. The Labute approximate surface area is 115 Å². The summed E-state index contributed by atoms with van der Waals surface area (Å²) in [5.41, 5.74) is 1.46. The number of carboxylic acids is 1. The molecule has 0 atom stereocenters. The number of rotatable bonds is 8. The molecule has 0 aliphatic rings. The van der Waals surface area contributed by atoms with Crippen LogP contribution < -0.4 is 0 Å². The molecule has 0 amide bonds. The summed E-state index contributed by atoms with van der Waals surface area (Å²) in [5, 5.41) is 8.87. The van der Waals surface area contributed by atoms with Gasteiger partial charge < -0.3 is 9.84 Å². The summed E-state index contributed by atoms with van der Waals surface area (Å²) < 4.78 is 5.12. The third-order valence-electron chi connectivity index (χ3n) is 2.84. The molecular weight excluding hydrogens is 242 g/mol. The lowest BCUT2D eigenvalue weighted by molar-refractivity contribution is 0.0697. The van der Waals surface area contributed by atoms with Crippen LogP contribution in [-0.2, 0) is 11.3 Å². The van der Waals surface area contributed by atoms with Gasteiger partial charge in [-0.25, -0.2) is 4.79 Å². The second kappa shape index (κ2) is 7.92. The van der Waals surface area contributed by atoms with Crippen molar-refractivity contribution in [2.45, 2.75) is 20.4 Å². The Morgan fingerprint density at radius 2 is 1.95 bits per heavy atom. The number of nitrogens with zero attached hydrogens (tertiary/aromatic N) is 1. The van der Waals surface area contributed by atoms with Crippen LogP contribution in [0.1, 0.15) is 29.8 Å². The molecule has 1 rings (SSSR count). The SMILES string of the molecule is COCCN(Cc1ccc(C(=O)O)cc1)CC(C)C. The van der Waals surface area contributed by atoms with Gasteiger partial charge in [0, 0.05) is 26.7 Å². The van der Waals surface area contributed by atoms with Gasteiger partial charge >= 0.3 is 5.97 Å². The van der Waals surface area contributed by atoms with Gasteiger partial charge in [-0.05, 0) is 23.6 Å². The quantitative estimate of drug-likeness (QED) is 0.784. The first-order valence-electron chi connectivity index (χ1n) is 6.56. The average Bonchev–Trinajstić information content (AvgIpc) is 2.36. The van der Waals surface area contributed by atoms with Gasteiger partial charge in [0.05, 0.1) is 12.2 Å². The van der Waals surface area contributed by atoms with Gasteiger partial charge in [0.2, 0.25) is 0 Å². The maximum absolute atomic E-state index is 10.8. The van der Waals surface area contributed by atoms with Crippen molar-refractivity contribution in [1.29, 1.82) is 0 Å². The van der Waals surface area contributed by atoms with Crippen molar-refractivity contribution in [3.63, 3.8) is 0 Å². The average molecular weight is 265 g/mol. The minimum absolute atomic E-state index is 0.330. The molecule has 1 aromatic carbocycles. The molecule has 0 aliphatic heterocycles. The minimum Gasteiger partial charge on any atom is -0.478 e. The number of carboxylic acid groups (broad SMARTS) is 1.